The van der Waals surface area contributed by atoms with Gasteiger partial charge in [0, 0.05) is 93.5 Å². The first kappa shape index (κ1) is 37.2. The van der Waals surface area contributed by atoms with E-state index in [1.54, 1.807) is 35.6 Å². The molecule has 2 aromatic heterocycles. The number of carbonyl (C=O) groups excluding carboxylic acids is 2. The van der Waals surface area contributed by atoms with Crippen LogP contribution < -0.4 is 11.1 Å². The fourth-order valence-corrected chi connectivity index (χ4v) is 7.03. The van der Waals surface area contributed by atoms with Crippen molar-refractivity contribution in [3.8, 4) is 17.3 Å². The molecule has 1 aliphatic rings. The van der Waals surface area contributed by atoms with Gasteiger partial charge in [-0.25, -0.2) is 15.0 Å². The van der Waals surface area contributed by atoms with Crippen LogP contribution in [0.4, 0.5) is 11.5 Å². The van der Waals surface area contributed by atoms with E-state index in [0.29, 0.717) is 52.8 Å². The molecule has 1 aliphatic heterocycles. The Labute approximate surface area is 286 Å². The molecule has 0 spiro atoms. The second kappa shape index (κ2) is 17.6. The van der Waals surface area contributed by atoms with Gasteiger partial charge in [0.05, 0.1) is 16.4 Å². The maximum absolute atomic E-state index is 12.9. The number of nitrogens with two attached hydrogens (primary N) is 1. The lowest BCUT2D eigenvalue weighted by Crippen LogP contribution is -2.51. The van der Waals surface area contributed by atoms with Crippen molar-refractivity contribution in [1.29, 1.82) is 5.26 Å². The van der Waals surface area contributed by atoms with Crippen molar-refractivity contribution in [2.75, 3.05) is 50.3 Å². The first-order valence-corrected chi connectivity index (χ1v) is 17.2. The maximum Gasteiger partial charge on any atom is 0.223 e. The molecule has 0 saturated carbocycles. The van der Waals surface area contributed by atoms with Gasteiger partial charge in [-0.2, -0.15) is 5.26 Å². The molecule has 0 atom stereocenters. The van der Waals surface area contributed by atoms with Gasteiger partial charge in [0.2, 0.25) is 11.8 Å². The molecule has 0 aliphatic carbocycles. The third kappa shape index (κ3) is 10.4. The molecule has 2 amide bonds. The summed E-state index contributed by atoms with van der Waals surface area (Å²) in [7, 11) is 0. The van der Waals surface area contributed by atoms with Gasteiger partial charge in [-0.05, 0) is 39.8 Å². The van der Waals surface area contributed by atoms with Crippen LogP contribution in [0.2, 0.25) is 0 Å². The number of thioether (sulfide) groups is 1. The van der Waals surface area contributed by atoms with Crippen molar-refractivity contribution >= 4 is 58.8 Å². The number of hydrogen-bond donors (Lipinski definition) is 2. The number of nitrogens with zero attached hydrogens (tertiary/aromatic N) is 7. The average Bonchev–Trinajstić information content (AvgIpc) is 3.46. The number of nitrogens with one attached hydrogen (secondary N) is 1. The molecular formula is C32H44ClN9O2S2. The van der Waals surface area contributed by atoms with E-state index in [2.05, 4.69) is 58.8 Å². The number of carbonyl (C=O) groups is 2. The Kier molecular flexibility index (Phi) is 14.2. The first-order valence-electron chi connectivity index (χ1n) is 15.3. The predicted octanol–water partition coefficient (Wildman–Crippen LogP) is 4.92. The number of halogens is 1. The van der Waals surface area contributed by atoms with Crippen LogP contribution >= 0.6 is 35.5 Å². The molecule has 0 unspecified atom stereocenters. The molecule has 0 radical (unpaired) electrons. The first-order chi connectivity index (χ1) is 21.5. The second-order valence-corrected chi connectivity index (χ2v) is 13.5. The topological polar surface area (TPSA) is 144 Å². The van der Waals surface area contributed by atoms with E-state index in [0.717, 1.165) is 50.0 Å². The number of anilines is 2. The lowest BCUT2D eigenvalue weighted by Gasteiger charge is -2.37. The monoisotopic (exact) mass is 685 g/mol. The van der Waals surface area contributed by atoms with Crippen LogP contribution in [-0.2, 0) is 21.8 Å². The summed E-state index contributed by atoms with van der Waals surface area (Å²) in [6.07, 6.45) is 1.07. The standard InChI is InChI=1S/C32H43N9O2S2.ClH/c1-21(2)41(22(3)4)17-14-39-12-15-40(16-13-39)29(43)11-10-28-36-26(19-44-28)20-45-32-37-30(27(18-33)31(34)38-32)24-6-8-25(9-7-24)35-23(5)42;/h6-9,19,21-22H,10-17,20H2,1-5H3,(H,35,42)(H2,34,37,38);1H. The molecule has 1 fully saturated rings. The Balaban J connectivity index is 0.00000576. The van der Waals surface area contributed by atoms with Crippen LogP contribution in [0.25, 0.3) is 11.3 Å². The van der Waals surface area contributed by atoms with Crippen molar-refractivity contribution in [2.24, 2.45) is 0 Å². The van der Waals surface area contributed by atoms with E-state index >= 15 is 0 Å². The molecule has 1 saturated heterocycles. The van der Waals surface area contributed by atoms with Gasteiger partial charge >= 0.3 is 0 Å². The number of nitriles is 1. The van der Waals surface area contributed by atoms with Crippen LogP contribution in [0, 0.1) is 11.3 Å². The lowest BCUT2D eigenvalue weighted by atomic mass is 10.1. The molecule has 3 heterocycles. The summed E-state index contributed by atoms with van der Waals surface area (Å²) in [6.45, 7) is 15.9. The maximum atomic E-state index is 12.9. The summed E-state index contributed by atoms with van der Waals surface area (Å²) in [6, 6.07) is 10.2. The summed E-state index contributed by atoms with van der Waals surface area (Å²) in [5.74, 6) is 0.666. The van der Waals surface area contributed by atoms with Crippen LogP contribution in [0.1, 0.15) is 57.3 Å². The molecule has 3 N–H and O–H groups in total. The summed E-state index contributed by atoms with van der Waals surface area (Å²) < 4.78 is 0. The molecule has 1 aromatic carbocycles. The molecule has 248 valence electrons. The van der Waals surface area contributed by atoms with Gasteiger partial charge in [0.15, 0.2) is 5.16 Å². The van der Waals surface area contributed by atoms with E-state index in [1.807, 2.05) is 10.3 Å². The number of aryl methyl sites for hydroxylation is 1. The fraction of sp³-hybridized carbons (Fsp3) is 0.500. The highest BCUT2D eigenvalue weighted by Gasteiger charge is 2.23. The quantitative estimate of drug-likeness (QED) is 0.188. The predicted molar refractivity (Wildman–Crippen MR) is 188 cm³/mol. The zero-order chi connectivity index (χ0) is 32.5. The third-order valence-electron chi connectivity index (χ3n) is 7.73. The normalized spacial score (nSPS) is 13.6. The zero-order valence-electron chi connectivity index (χ0n) is 27.2. The largest absolute Gasteiger partial charge is 0.382 e. The Hall–Kier alpha value is -3.28. The second-order valence-electron chi connectivity index (χ2n) is 11.7. The van der Waals surface area contributed by atoms with Gasteiger partial charge in [0.1, 0.15) is 17.5 Å². The van der Waals surface area contributed by atoms with Crippen molar-refractivity contribution in [3.63, 3.8) is 0 Å². The lowest BCUT2D eigenvalue weighted by molar-refractivity contribution is -0.133. The highest BCUT2D eigenvalue weighted by Crippen LogP contribution is 2.30. The minimum absolute atomic E-state index is 0. The van der Waals surface area contributed by atoms with Crippen molar-refractivity contribution in [3.05, 3.63) is 45.9 Å². The van der Waals surface area contributed by atoms with Crippen molar-refractivity contribution in [2.45, 2.75) is 70.5 Å². The molecule has 4 rings (SSSR count). The fourth-order valence-electron chi connectivity index (χ4n) is 5.39. The van der Waals surface area contributed by atoms with Gasteiger partial charge in [0.25, 0.3) is 0 Å². The summed E-state index contributed by atoms with van der Waals surface area (Å²) >= 11 is 2.94. The van der Waals surface area contributed by atoms with Crippen molar-refractivity contribution < 1.29 is 9.59 Å². The number of thiazole rings is 1. The van der Waals surface area contributed by atoms with E-state index in [1.165, 1.54) is 18.7 Å². The highest BCUT2D eigenvalue weighted by molar-refractivity contribution is 7.98. The number of rotatable bonds is 13. The molecule has 11 nitrogen and oxygen atoms in total. The number of aromatic nitrogens is 3. The third-order valence-corrected chi connectivity index (χ3v) is 9.57. The van der Waals surface area contributed by atoms with E-state index in [9.17, 15) is 14.9 Å². The number of nitrogen functional groups attached to an aromatic ring is 1. The SMILES string of the molecule is CC(=O)Nc1ccc(-c2nc(SCc3csc(CCC(=O)N4CCN(CCN(C(C)C)C(C)C)CC4)n3)nc(N)c2C#N)cc1.Cl. The molecular weight excluding hydrogens is 642 g/mol. The Morgan fingerprint density at radius 1 is 1.09 bits per heavy atom. The minimum Gasteiger partial charge on any atom is -0.382 e. The Morgan fingerprint density at radius 3 is 2.37 bits per heavy atom. The Morgan fingerprint density at radius 2 is 1.76 bits per heavy atom. The average molecular weight is 686 g/mol. The summed E-state index contributed by atoms with van der Waals surface area (Å²) in [5.41, 5.74) is 9.00. The smallest absolute Gasteiger partial charge is 0.223 e. The van der Waals surface area contributed by atoms with Crippen LogP contribution in [0.5, 0.6) is 0 Å². The molecule has 46 heavy (non-hydrogen) atoms. The Bertz CT molecular complexity index is 1490. The van der Waals surface area contributed by atoms with Crippen molar-refractivity contribution in [1.82, 2.24) is 29.7 Å². The summed E-state index contributed by atoms with van der Waals surface area (Å²) in [4.78, 5) is 44.9. The number of benzene rings is 1. The molecule has 0 bridgehead atoms. The van der Waals surface area contributed by atoms with Gasteiger partial charge in [-0.3, -0.25) is 19.4 Å². The number of piperazine rings is 1. The zero-order valence-corrected chi connectivity index (χ0v) is 29.6. The molecule has 3 aromatic rings. The van der Waals surface area contributed by atoms with Gasteiger partial charge < -0.3 is 16.0 Å². The van der Waals surface area contributed by atoms with Gasteiger partial charge in [-0.1, -0.05) is 23.9 Å². The van der Waals surface area contributed by atoms with Crippen LogP contribution in [0.3, 0.4) is 0 Å². The van der Waals surface area contributed by atoms with Crippen LogP contribution in [0.15, 0.2) is 34.8 Å². The number of amides is 2. The number of hydrogen-bond acceptors (Lipinski definition) is 11. The summed E-state index contributed by atoms with van der Waals surface area (Å²) in [5, 5.41) is 15.8. The minimum atomic E-state index is -0.165. The highest BCUT2D eigenvalue weighted by atomic mass is 35.5. The van der Waals surface area contributed by atoms with Gasteiger partial charge in [-0.15, -0.1) is 23.7 Å². The molecule has 14 heteroatoms. The van der Waals surface area contributed by atoms with E-state index < -0.39 is 0 Å². The van der Waals surface area contributed by atoms with E-state index in [-0.39, 0.29) is 35.6 Å². The van der Waals surface area contributed by atoms with Crippen LogP contribution in [-0.4, -0.2) is 92.8 Å². The van der Waals surface area contributed by atoms with E-state index in [4.69, 9.17) is 10.7 Å².